The SMILES string of the molecule is COCCOc1c(OC)cc(/C(C#N)=C/CNc2ccccc2)cc1OC. The molecule has 0 radical (unpaired) electrons. The molecule has 0 aromatic heterocycles. The first-order chi connectivity index (χ1) is 13.2. The second-order valence-electron chi connectivity index (χ2n) is 5.53. The summed E-state index contributed by atoms with van der Waals surface area (Å²) in [5.41, 5.74) is 2.20. The topological polar surface area (TPSA) is 72.7 Å². The third-order valence-electron chi connectivity index (χ3n) is 3.81. The highest BCUT2D eigenvalue weighted by molar-refractivity contribution is 5.80. The van der Waals surface area contributed by atoms with E-state index in [0.717, 1.165) is 5.69 Å². The molecule has 0 saturated heterocycles. The third kappa shape index (κ3) is 5.66. The summed E-state index contributed by atoms with van der Waals surface area (Å²) >= 11 is 0. The lowest BCUT2D eigenvalue weighted by Crippen LogP contribution is -2.07. The van der Waals surface area contributed by atoms with Gasteiger partial charge in [-0.3, -0.25) is 0 Å². The Kier molecular flexibility index (Phi) is 8.01. The Balaban J connectivity index is 2.23. The van der Waals surface area contributed by atoms with Gasteiger partial charge in [0.1, 0.15) is 6.61 Å². The molecule has 0 saturated carbocycles. The van der Waals surface area contributed by atoms with Crippen LogP contribution < -0.4 is 19.5 Å². The Hall–Kier alpha value is -3.17. The van der Waals surface area contributed by atoms with Crippen molar-refractivity contribution in [1.82, 2.24) is 0 Å². The van der Waals surface area contributed by atoms with E-state index in [2.05, 4.69) is 11.4 Å². The number of methoxy groups -OCH3 is 3. The average molecular weight is 368 g/mol. The standard InChI is InChI=1S/C21H24N2O4/c1-24-11-12-27-21-19(25-2)13-17(14-20(21)26-3)16(15-22)9-10-23-18-7-5-4-6-8-18/h4-9,13-14,23H,10-12H2,1-3H3/b16-9+. The van der Waals surface area contributed by atoms with Crippen molar-refractivity contribution in [3.05, 3.63) is 54.1 Å². The van der Waals surface area contributed by atoms with Crippen LogP contribution in [0.3, 0.4) is 0 Å². The molecule has 27 heavy (non-hydrogen) atoms. The van der Waals surface area contributed by atoms with E-state index in [4.69, 9.17) is 18.9 Å². The van der Waals surface area contributed by atoms with E-state index in [9.17, 15) is 5.26 Å². The Morgan fingerprint density at radius 3 is 2.26 bits per heavy atom. The average Bonchev–Trinajstić information content (AvgIpc) is 2.72. The van der Waals surface area contributed by atoms with Crippen molar-refractivity contribution in [2.45, 2.75) is 0 Å². The molecule has 0 unspecified atom stereocenters. The number of rotatable bonds is 10. The van der Waals surface area contributed by atoms with Gasteiger partial charge >= 0.3 is 0 Å². The number of para-hydroxylation sites is 1. The Morgan fingerprint density at radius 2 is 1.70 bits per heavy atom. The van der Waals surface area contributed by atoms with Gasteiger partial charge in [0.25, 0.3) is 0 Å². The van der Waals surface area contributed by atoms with E-state index in [-0.39, 0.29) is 0 Å². The minimum Gasteiger partial charge on any atom is -0.493 e. The predicted octanol–water partition coefficient (Wildman–Crippen LogP) is 3.75. The van der Waals surface area contributed by atoms with Crippen LogP contribution in [0, 0.1) is 11.3 Å². The van der Waals surface area contributed by atoms with Gasteiger partial charge in [0.05, 0.1) is 32.5 Å². The molecule has 0 atom stereocenters. The first kappa shape index (κ1) is 20.1. The molecular weight excluding hydrogens is 344 g/mol. The number of hydrogen-bond acceptors (Lipinski definition) is 6. The minimum absolute atomic E-state index is 0.366. The quantitative estimate of drug-likeness (QED) is 0.509. The van der Waals surface area contributed by atoms with Crippen molar-refractivity contribution < 1.29 is 18.9 Å². The highest BCUT2D eigenvalue weighted by Gasteiger charge is 2.16. The zero-order valence-corrected chi connectivity index (χ0v) is 15.8. The van der Waals surface area contributed by atoms with Crippen molar-refractivity contribution in [2.75, 3.05) is 46.4 Å². The maximum absolute atomic E-state index is 9.57. The maximum atomic E-state index is 9.57. The molecule has 0 aliphatic carbocycles. The molecule has 0 spiro atoms. The lowest BCUT2D eigenvalue weighted by molar-refractivity contribution is 0.142. The minimum atomic E-state index is 0.366. The number of nitrogens with zero attached hydrogens (tertiary/aromatic N) is 1. The number of allylic oxidation sites excluding steroid dienone is 1. The van der Waals surface area contributed by atoms with Crippen molar-refractivity contribution in [2.24, 2.45) is 0 Å². The van der Waals surface area contributed by atoms with E-state index in [1.807, 2.05) is 36.4 Å². The number of ether oxygens (including phenoxy) is 4. The molecular formula is C21H24N2O4. The summed E-state index contributed by atoms with van der Waals surface area (Å²) in [5.74, 6) is 1.48. The van der Waals surface area contributed by atoms with E-state index >= 15 is 0 Å². The van der Waals surface area contributed by atoms with Crippen LogP contribution in [0.4, 0.5) is 5.69 Å². The molecule has 0 heterocycles. The van der Waals surface area contributed by atoms with E-state index in [1.54, 1.807) is 33.5 Å². The number of nitrogens with one attached hydrogen (secondary N) is 1. The van der Waals surface area contributed by atoms with Gasteiger partial charge in [-0.15, -0.1) is 0 Å². The van der Waals surface area contributed by atoms with E-state index < -0.39 is 0 Å². The molecule has 2 aromatic rings. The Labute approximate surface area is 159 Å². The molecule has 142 valence electrons. The molecule has 1 N–H and O–H groups in total. The van der Waals surface area contributed by atoms with Gasteiger partial charge in [-0.2, -0.15) is 5.26 Å². The first-order valence-corrected chi connectivity index (χ1v) is 8.50. The van der Waals surface area contributed by atoms with Gasteiger partial charge < -0.3 is 24.3 Å². The fourth-order valence-electron chi connectivity index (χ4n) is 2.46. The summed E-state index contributed by atoms with van der Waals surface area (Å²) in [6, 6.07) is 15.6. The van der Waals surface area contributed by atoms with Crippen LogP contribution >= 0.6 is 0 Å². The summed E-state index contributed by atoms with van der Waals surface area (Å²) in [6.45, 7) is 1.33. The highest BCUT2D eigenvalue weighted by Crippen LogP contribution is 2.40. The van der Waals surface area contributed by atoms with Crippen LogP contribution in [0.15, 0.2) is 48.5 Å². The van der Waals surface area contributed by atoms with Gasteiger partial charge in [0, 0.05) is 19.3 Å². The van der Waals surface area contributed by atoms with Crippen LogP contribution in [0.5, 0.6) is 17.2 Å². The van der Waals surface area contributed by atoms with Gasteiger partial charge in [0.15, 0.2) is 11.5 Å². The second-order valence-corrected chi connectivity index (χ2v) is 5.53. The van der Waals surface area contributed by atoms with Gasteiger partial charge in [-0.05, 0) is 35.9 Å². The van der Waals surface area contributed by atoms with Crippen LogP contribution in [0.1, 0.15) is 5.56 Å². The Bertz CT molecular complexity index is 773. The van der Waals surface area contributed by atoms with Crippen LogP contribution in [-0.2, 0) is 4.74 Å². The summed E-state index contributed by atoms with van der Waals surface area (Å²) in [4.78, 5) is 0. The van der Waals surface area contributed by atoms with Crippen LogP contribution in [0.25, 0.3) is 5.57 Å². The van der Waals surface area contributed by atoms with Crippen molar-refractivity contribution >= 4 is 11.3 Å². The molecule has 0 aliphatic heterocycles. The van der Waals surface area contributed by atoms with Crippen molar-refractivity contribution in [1.29, 1.82) is 5.26 Å². The maximum Gasteiger partial charge on any atom is 0.203 e. The monoisotopic (exact) mass is 368 g/mol. The fraction of sp³-hybridized carbons (Fsp3) is 0.286. The molecule has 6 heteroatoms. The smallest absolute Gasteiger partial charge is 0.203 e. The lowest BCUT2D eigenvalue weighted by Gasteiger charge is -2.16. The van der Waals surface area contributed by atoms with Gasteiger partial charge in [-0.1, -0.05) is 18.2 Å². The number of nitriles is 1. The molecule has 2 aromatic carbocycles. The van der Waals surface area contributed by atoms with E-state index in [0.29, 0.717) is 48.1 Å². The number of hydrogen-bond donors (Lipinski definition) is 1. The van der Waals surface area contributed by atoms with Crippen LogP contribution in [0.2, 0.25) is 0 Å². The Morgan fingerprint density at radius 1 is 1.04 bits per heavy atom. The first-order valence-electron chi connectivity index (χ1n) is 8.50. The zero-order chi connectivity index (χ0) is 19.5. The van der Waals surface area contributed by atoms with Crippen LogP contribution in [-0.4, -0.2) is 41.1 Å². The molecule has 0 aliphatic rings. The van der Waals surface area contributed by atoms with Crippen molar-refractivity contribution in [3.8, 4) is 23.3 Å². The molecule has 6 nitrogen and oxygen atoms in total. The van der Waals surface area contributed by atoms with Crippen molar-refractivity contribution in [3.63, 3.8) is 0 Å². The summed E-state index contributed by atoms with van der Waals surface area (Å²) in [5, 5.41) is 12.8. The normalized spacial score (nSPS) is 10.8. The molecule has 2 rings (SSSR count). The summed E-state index contributed by atoms with van der Waals surface area (Å²) in [7, 11) is 4.71. The number of benzene rings is 2. The molecule has 0 bridgehead atoms. The fourth-order valence-corrected chi connectivity index (χ4v) is 2.46. The summed E-state index contributed by atoms with van der Waals surface area (Å²) in [6.07, 6.45) is 1.83. The predicted molar refractivity (Wildman–Crippen MR) is 105 cm³/mol. The van der Waals surface area contributed by atoms with Gasteiger partial charge in [-0.25, -0.2) is 0 Å². The highest BCUT2D eigenvalue weighted by atomic mass is 16.6. The molecule has 0 fully saturated rings. The molecule has 0 amide bonds. The van der Waals surface area contributed by atoms with E-state index in [1.165, 1.54) is 0 Å². The second kappa shape index (κ2) is 10.7. The lowest BCUT2D eigenvalue weighted by atomic mass is 10.1. The zero-order valence-electron chi connectivity index (χ0n) is 15.8. The van der Waals surface area contributed by atoms with Gasteiger partial charge in [0.2, 0.25) is 5.75 Å². The third-order valence-corrected chi connectivity index (χ3v) is 3.81. The number of anilines is 1. The largest absolute Gasteiger partial charge is 0.493 e. The summed E-state index contributed by atoms with van der Waals surface area (Å²) < 4.78 is 21.6.